The summed E-state index contributed by atoms with van der Waals surface area (Å²) in [5, 5.41) is 26.0. The molecule has 0 saturated heterocycles. The number of para-hydroxylation sites is 2. The van der Waals surface area contributed by atoms with Crippen LogP contribution < -0.4 is 10.3 Å². The highest BCUT2D eigenvalue weighted by molar-refractivity contribution is 5.74. The fourth-order valence-corrected chi connectivity index (χ4v) is 3.88. The summed E-state index contributed by atoms with van der Waals surface area (Å²) in [4.78, 5) is 20.1. The lowest BCUT2D eigenvalue weighted by Gasteiger charge is -2.20. The molecule has 1 heterocycles. The summed E-state index contributed by atoms with van der Waals surface area (Å²) < 4.78 is 7.08. The Morgan fingerprint density at radius 2 is 1.47 bits per heavy atom. The smallest absolute Gasteiger partial charge is 0.273 e. The molecular formula is C28H33N3O5. The fourth-order valence-electron chi connectivity index (χ4n) is 3.88. The topological polar surface area (TPSA) is 108 Å². The number of fused-ring (bicyclic) bond motifs is 1. The van der Waals surface area contributed by atoms with Crippen molar-refractivity contribution in [2.45, 2.75) is 26.8 Å². The Labute approximate surface area is 210 Å². The quantitative estimate of drug-likeness (QED) is 0.340. The molecule has 0 amide bonds. The molecule has 4 rings (SSSR count). The third kappa shape index (κ3) is 6.99. The maximum atomic E-state index is 13.2. The van der Waals surface area contributed by atoms with Crippen LogP contribution in [0.2, 0.25) is 0 Å². The maximum Gasteiger partial charge on any atom is 0.273 e. The Morgan fingerprint density at radius 1 is 0.889 bits per heavy atom. The minimum Gasteiger partial charge on any atom is -0.508 e. The lowest BCUT2D eigenvalue weighted by atomic mass is 10.1. The van der Waals surface area contributed by atoms with E-state index in [1.165, 1.54) is 0 Å². The molecule has 0 saturated carbocycles. The highest BCUT2D eigenvalue weighted by Crippen LogP contribution is 2.24. The van der Waals surface area contributed by atoms with Gasteiger partial charge in [0, 0.05) is 37.7 Å². The van der Waals surface area contributed by atoms with Gasteiger partial charge in [0.25, 0.3) is 5.56 Å². The maximum absolute atomic E-state index is 13.2. The molecule has 36 heavy (non-hydrogen) atoms. The van der Waals surface area contributed by atoms with Crippen LogP contribution in [-0.2, 0) is 13.0 Å². The molecule has 0 bridgehead atoms. The summed E-state index contributed by atoms with van der Waals surface area (Å²) >= 11 is 0. The molecule has 3 N–H and O–H groups in total. The normalized spacial score (nSPS) is 10.8. The average Bonchev–Trinajstić information content (AvgIpc) is 2.86. The lowest BCUT2D eigenvalue weighted by molar-refractivity contribution is 0.290. The summed E-state index contributed by atoms with van der Waals surface area (Å²) in [6.07, 6.45) is 0.513. The van der Waals surface area contributed by atoms with Crippen molar-refractivity contribution < 1.29 is 20.1 Å². The molecule has 0 unspecified atom stereocenters. The van der Waals surface area contributed by atoms with E-state index < -0.39 is 0 Å². The van der Waals surface area contributed by atoms with E-state index in [1.54, 1.807) is 7.11 Å². The largest absolute Gasteiger partial charge is 0.508 e. The lowest BCUT2D eigenvalue weighted by Crippen LogP contribution is -2.33. The van der Waals surface area contributed by atoms with Crippen LogP contribution in [0.25, 0.3) is 11.0 Å². The number of phenols is 3. The van der Waals surface area contributed by atoms with Crippen LogP contribution >= 0.6 is 0 Å². The number of hydrogen-bond donors (Lipinski definition) is 3. The number of benzene rings is 3. The van der Waals surface area contributed by atoms with Crippen LogP contribution in [0.3, 0.4) is 0 Å². The van der Waals surface area contributed by atoms with Crippen molar-refractivity contribution in [3.63, 3.8) is 0 Å². The molecule has 0 aliphatic carbocycles. The molecule has 1 aromatic heterocycles. The summed E-state index contributed by atoms with van der Waals surface area (Å²) in [5.41, 5.74) is 3.38. The zero-order valence-corrected chi connectivity index (χ0v) is 20.9. The number of methoxy groups -OCH3 is 1. The number of aromatic hydroxyl groups is 3. The van der Waals surface area contributed by atoms with E-state index in [1.807, 2.05) is 53.1 Å². The first-order valence-electron chi connectivity index (χ1n) is 11.9. The van der Waals surface area contributed by atoms with Crippen LogP contribution in [0.5, 0.6) is 23.0 Å². The fraction of sp³-hybridized carbons (Fsp3) is 0.286. The van der Waals surface area contributed by atoms with E-state index in [-0.39, 0.29) is 22.8 Å². The summed E-state index contributed by atoms with van der Waals surface area (Å²) in [6, 6.07) is 19.1. The number of aromatic nitrogens is 2. The summed E-state index contributed by atoms with van der Waals surface area (Å²) in [6.45, 7) is 7.76. The van der Waals surface area contributed by atoms with E-state index in [9.17, 15) is 4.79 Å². The van der Waals surface area contributed by atoms with Crippen LogP contribution in [-0.4, -0.2) is 56.5 Å². The molecule has 0 aliphatic rings. The van der Waals surface area contributed by atoms with Gasteiger partial charge in [-0.1, -0.05) is 38.1 Å². The zero-order valence-electron chi connectivity index (χ0n) is 20.9. The van der Waals surface area contributed by atoms with Crippen molar-refractivity contribution in [2.75, 3.05) is 26.7 Å². The third-order valence-electron chi connectivity index (χ3n) is 5.87. The molecular weight excluding hydrogens is 458 g/mol. The Bertz CT molecular complexity index is 1280. The predicted octanol–water partition coefficient (Wildman–Crippen LogP) is 4.14. The average molecular weight is 492 g/mol. The Balaban J connectivity index is 0.000000338. The van der Waals surface area contributed by atoms with E-state index >= 15 is 0 Å². The first-order chi connectivity index (χ1) is 17.3. The Hall–Kier alpha value is -4.04. The molecule has 0 spiro atoms. The van der Waals surface area contributed by atoms with Gasteiger partial charge in [-0.2, -0.15) is 0 Å². The minimum atomic E-state index is -0.146. The molecule has 4 aromatic rings. The number of hydrogen-bond acceptors (Lipinski definition) is 7. The van der Waals surface area contributed by atoms with E-state index in [2.05, 4.69) is 23.7 Å². The van der Waals surface area contributed by atoms with Crippen molar-refractivity contribution in [1.82, 2.24) is 14.5 Å². The van der Waals surface area contributed by atoms with E-state index in [0.717, 1.165) is 60.2 Å². The van der Waals surface area contributed by atoms with E-state index in [0.29, 0.717) is 18.7 Å². The zero-order chi connectivity index (χ0) is 26.1. The Kier molecular flexibility index (Phi) is 9.30. The van der Waals surface area contributed by atoms with Crippen molar-refractivity contribution in [2.24, 2.45) is 0 Å². The minimum absolute atomic E-state index is 0.00308. The number of nitrogens with zero attached hydrogens (tertiary/aromatic N) is 3. The standard InChI is InChI=1S/C22H27N3O2.C6H6O3/c1-4-24(5-2)14-15-25-21-9-7-6-8-19(21)23-20(22(25)26)16-17-10-12-18(27-3)13-11-17;7-4-1-5(8)3-6(9)2-4/h6-13H,4-5,14-16H2,1-3H3;1-3,7-9H. The monoisotopic (exact) mass is 491 g/mol. The second-order valence-electron chi connectivity index (χ2n) is 8.26. The van der Waals surface area contributed by atoms with Gasteiger partial charge in [-0.3, -0.25) is 4.79 Å². The van der Waals surface area contributed by atoms with Crippen LogP contribution in [0.4, 0.5) is 0 Å². The second-order valence-corrected chi connectivity index (χ2v) is 8.26. The molecule has 3 aromatic carbocycles. The van der Waals surface area contributed by atoms with Gasteiger partial charge in [-0.25, -0.2) is 4.98 Å². The number of phenolic OH excluding ortho intramolecular Hbond substituents is 3. The number of ether oxygens (including phenoxy) is 1. The summed E-state index contributed by atoms with van der Waals surface area (Å²) in [5.74, 6) is 0.370. The van der Waals surface area contributed by atoms with Crippen molar-refractivity contribution >= 4 is 11.0 Å². The van der Waals surface area contributed by atoms with Gasteiger partial charge in [-0.05, 0) is 42.9 Å². The highest BCUT2D eigenvalue weighted by Gasteiger charge is 2.12. The van der Waals surface area contributed by atoms with Gasteiger partial charge in [0.2, 0.25) is 0 Å². The molecule has 0 radical (unpaired) electrons. The molecule has 0 aliphatic heterocycles. The molecule has 8 heteroatoms. The van der Waals surface area contributed by atoms with Crippen molar-refractivity contribution in [1.29, 1.82) is 0 Å². The molecule has 0 atom stereocenters. The summed E-state index contributed by atoms with van der Waals surface area (Å²) in [7, 11) is 1.65. The number of likely N-dealkylation sites (N-methyl/N-ethyl adjacent to an activating group) is 1. The molecule has 0 fully saturated rings. The van der Waals surface area contributed by atoms with Gasteiger partial charge in [-0.15, -0.1) is 0 Å². The second kappa shape index (κ2) is 12.6. The molecule has 8 nitrogen and oxygen atoms in total. The SMILES string of the molecule is CCN(CC)CCn1c(=O)c(Cc2ccc(OC)cc2)nc2ccccc21.Oc1cc(O)cc(O)c1. The first-order valence-corrected chi connectivity index (χ1v) is 11.9. The van der Waals surface area contributed by atoms with Gasteiger partial charge >= 0.3 is 0 Å². The number of rotatable bonds is 8. The van der Waals surface area contributed by atoms with Crippen LogP contribution in [0.1, 0.15) is 25.1 Å². The third-order valence-corrected chi connectivity index (χ3v) is 5.87. The van der Waals surface area contributed by atoms with Gasteiger partial charge in [0.05, 0.1) is 18.1 Å². The highest BCUT2D eigenvalue weighted by atomic mass is 16.5. The predicted molar refractivity (Wildman–Crippen MR) is 141 cm³/mol. The van der Waals surface area contributed by atoms with Gasteiger partial charge in [0.1, 0.15) is 28.7 Å². The van der Waals surface area contributed by atoms with Crippen LogP contribution in [0.15, 0.2) is 71.5 Å². The van der Waals surface area contributed by atoms with Gasteiger partial charge in [0.15, 0.2) is 0 Å². The first kappa shape index (κ1) is 26.6. The Morgan fingerprint density at radius 3 is 2.03 bits per heavy atom. The van der Waals surface area contributed by atoms with Crippen LogP contribution in [0, 0.1) is 0 Å². The van der Waals surface area contributed by atoms with Gasteiger partial charge < -0.3 is 29.5 Å². The van der Waals surface area contributed by atoms with Crippen molar-refractivity contribution in [3.05, 3.63) is 88.3 Å². The molecule has 190 valence electrons. The van der Waals surface area contributed by atoms with E-state index in [4.69, 9.17) is 20.1 Å². The van der Waals surface area contributed by atoms with Crippen molar-refractivity contribution in [3.8, 4) is 23.0 Å².